The number of benzene rings is 1. The van der Waals surface area contributed by atoms with E-state index in [1.54, 1.807) is 0 Å². The van der Waals surface area contributed by atoms with Crippen molar-refractivity contribution in [2.45, 2.75) is 39.7 Å². The number of pyridine rings is 1. The first-order chi connectivity index (χ1) is 12.0. The molecule has 3 aromatic rings. The fourth-order valence-electron chi connectivity index (χ4n) is 4.23. The highest BCUT2D eigenvalue weighted by Crippen LogP contribution is 2.33. The molecule has 25 heavy (non-hydrogen) atoms. The van der Waals surface area contributed by atoms with Crippen LogP contribution < -0.4 is 0 Å². The molecule has 0 N–H and O–H groups in total. The van der Waals surface area contributed by atoms with Gasteiger partial charge in [0.2, 0.25) is 0 Å². The number of aryl methyl sites for hydroxylation is 5. The van der Waals surface area contributed by atoms with Crippen LogP contribution in [0.2, 0.25) is 0 Å². The number of nitrogens with zero attached hydrogens (tertiary/aromatic N) is 3. The van der Waals surface area contributed by atoms with E-state index in [0.29, 0.717) is 0 Å². The van der Waals surface area contributed by atoms with Gasteiger partial charge in [-0.25, -0.2) is 0 Å². The molecule has 3 nitrogen and oxygen atoms in total. The SMILES string of the molecule is Cc1cc(CCc2ccc(C)nc2)c2c(c1)c1c(n2C)CCN(C)C1. The van der Waals surface area contributed by atoms with E-state index in [2.05, 4.69) is 59.7 Å². The van der Waals surface area contributed by atoms with Gasteiger partial charge in [-0.05, 0) is 62.6 Å². The van der Waals surface area contributed by atoms with Crippen LogP contribution in [-0.4, -0.2) is 28.0 Å². The molecule has 0 unspecified atom stereocenters. The fourth-order valence-corrected chi connectivity index (χ4v) is 4.23. The first-order valence-corrected chi connectivity index (χ1v) is 9.22. The standard InChI is InChI=1S/C22H27N3/c1-15-11-18(8-7-17-6-5-16(2)23-13-17)22-19(12-15)20-14-24(3)10-9-21(20)25(22)4/h5-6,11-13H,7-10,14H2,1-4H3. The van der Waals surface area contributed by atoms with Gasteiger partial charge in [0, 0.05) is 49.5 Å². The minimum atomic E-state index is 1.04. The van der Waals surface area contributed by atoms with Gasteiger partial charge in [0.05, 0.1) is 5.52 Å². The molecule has 0 bridgehead atoms. The Balaban J connectivity index is 1.74. The molecule has 0 aliphatic carbocycles. The summed E-state index contributed by atoms with van der Waals surface area (Å²) in [5.74, 6) is 0. The van der Waals surface area contributed by atoms with Crippen LogP contribution in [0.3, 0.4) is 0 Å². The Hall–Kier alpha value is -2.13. The Morgan fingerprint density at radius 2 is 1.92 bits per heavy atom. The lowest BCUT2D eigenvalue weighted by Crippen LogP contribution is -2.26. The van der Waals surface area contributed by atoms with Crippen molar-refractivity contribution in [1.29, 1.82) is 0 Å². The van der Waals surface area contributed by atoms with Crippen LogP contribution in [0, 0.1) is 13.8 Å². The molecule has 130 valence electrons. The van der Waals surface area contributed by atoms with Crippen molar-refractivity contribution in [2.75, 3.05) is 13.6 Å². The first kappa shape index (κ1) is 16.3. The molecule has 0 saturated carbocycles. The fraction of sp³-hybridized carbons (Fsp3) is 0.409. The summed E-state index contributed by atoms with van der Waals surface area (Å²) in [4.78, 5) is 6.87. The van der Waals surface area contributed by atoms with E-state index in [4.69, 9.17) is 0 Å². The van der Waals surface area contributed by atoms with Gasteiger partial charge in [-0.2, -0.15) is 0 Å². The van der Waals surface area contributed by atoms with E-state index >= 15 is 0 Å². The van der Waals surface area contributed by atoms with Crippen molar-refractivity contribution in [3.05, 3.63) is 64.1 Å². The summed E-state index contributed by atoms with van der Waals surface area (Å²) in [5, 5.41) is 1.46. The van der Waals surface area contributed by atoms with Crippen LogP contribution in [0.5, 0.6) is 0 Å². The summed E-state index contributed by atoms with van der Waals surface area (Å²) in [6.45, 7) is 6.49. The predicted molar refractivity (Wildman–Crippen MR) is 104 cm³/mol. The second kappa shape index (κ2) is 6.30. The van der Waals surface area contributed by atoms with Crippen LogP contribution in [0.4, 0.5) is 0 Å². The molecule has 0 saturated heterocycles. The van der Waals surface area contributed by atoms with Gasteiger partial charge in [0.25, 0.3) is 0 Å². The van der Waals surface area contributed by atoms with E-state index in [-0.39, 0.29) is 0 Å². The van der Waals surface area contributed by atoms with Crippen LogP contribution >= 0.6 is 0 Å². The lowest BCUT2D eigenvalue weighted by atomic mass is 9.98. The maximum Gasteiger partial charge on any atom is 0.0516 e. The third-order valence-electron chi connectivity index (χ3n) is 5.56. The smallest absolute Gasteiger partial charge is 0.0516 e. The number of hydrogen-bond donors (Lipinski definition) is 0. The molecule has 1 aliphatic heterocycles. The van der Waals surface area contributed by atoms with E-state index < -0.39 is 0 Å². The van der Waals surface area contributed by atoms with Crippen molar-refractivity contribution in [3.63, 3.8) is 0 Å². The molecular formula is C22H27N3. The molecular weight excluding hydrogens is 306 g/mol. The van der Waals surface area contributed by atoms with Gasteiger partial charge < -0.3 is 9.47 Å². The maximum absolute atomic E-state index is 4.44. The van der Waals surface area contributed by atoms with Crippen molar-refractivity contribution in [1.82, 2.24) is 14.5 Å². The summed E-state index contributed by atoms with van der Waals surface area (Å²) in [5.41, 5.74) is 9.73. The molecule has 1 aromatic carbocycles. The second-order valence-electron chi connectivity index (χ2n) is 7.60. The van der Waals surface area contributed by atoms with E-state index in [9.17, 15) is 0 Å². The summed E-state index contributed by atoms with van der Waals surface area (Å²) >= 11 is 0. The Bertz CT molecular complexity index is 919. The highest BCUT2D eigenvalue weighted by atomic mass is 15.1. The third-order valence-corrected chi connectivity index (χ3v) is 5.56. The topological polar surface area (TPSA) is 21.1 Å². The zero-order valence-corrected chi connectivity index (χ0v) is 15.8. The average Bonchev–Trinajstić information content (AvgIpc) is 2.86. The highest BCUT2D eigenvalue weighted by Gasteiger charge is 2.22. The molecule has 0 amide bonds. The Morgan fingerprint density at radius 3 is 2.68 bits per heavy atom. The summed E-state index contributed by atoms with van der Waals surface area (Å²) in [7, 11) is 4.47. The molecule has 3 heterocycles. The second-order valence-corrected chi connectivity index (χ2v) is 7.60. The molecule has 0 radical (unpaired) electrons. The van der Waals surface area contributed by atoms with Gasteiger partial charge in [0.15, 0.2) is 0 Å². The normalized spacial score (nSPS) is 14.9. The van der Waals surface area contributed by atoms with Gasteiger partial charge >= 0.3 is 0 Å². The van der Waals surface area contributed by atoms with Crippen LogP contribution in [-0.2, 0) is 32.9 Å². The van der Waals surface area contributed by atoms with Gasteiger partial charge in [-0.1, -0.05) is 17.7 Å². The van der Waals surface area contributed by atoms with Gasteiger partial charge in [-0.3, -0.25) is 4.98 Å². The molecule has 0 spiro atoms. The predicted octanol–water partition coefficient (Wildman–Crippen LogP) is 3.96. The quantitative estimate of drug-likeness (QED) is 0.723. The lowest BCUT2D eigenvalue weighted by Gasteiger charge is -2.23. The first-order valence-electron chi connectivity index (χ1n) is 9.22. The van der Waals surface area contributed by atoms with Crippen molar-refractivity contribution in [2.24, 2.45) is 7.05 Å². The average molecular weight is 333 g/mol. The third kappa shape index (κ3) is 2.98. The minimum absolute atomic E-state index is 1.04. The summed E-state index contributed by atoms with van der Waals surface area (Å²) in [6.07, 6.45) is 5.28. The number of hydrogen-bond acceptors (Lipinski definition) is 2. The summed E-state index contributed by atoms with van der Waals surface area (Å²) < 4.78 is 2.46. The summed E-state index contributed by atoms with van der Waals surface area (Å²) in [6, 6.07) is 9.07. The Labute approximate surface area is 150 Å². The maximum atomic E-state index is 4.44. The zero-order valence-electron chi connectivity index (χ0n) is 15.8. The minimum Gasteiger partial charge on any atom is -0.347 e. The Morgan fingerprint density at radius 1 is 1.08 bits per heavy atom. The van der Waals surface area contributed by atoms with Crippen molar-refractivity contribution >= 4 is 10.9 Å². The largest absolute Gasteiger partial charge is 0.347 e. The van der Waals surface area contributed by atoms with Gasteiger partial charge in [-0.15, -0.1) is 0 Å². The lowest BCUT2D eigenvalue weighted by molar-refractivity contribution is 0.310. The number of aromatic nitrogens is 2. The molecule has 1 aliphatic rings. The number of fused-ring (bicyclic) bond motifs is 3. The van der Waals surface area contributed by atoms with Gasteiger partial charge in [0.1, 0.15) is 0 Å². The van der Waals surface area contributed by atoms with Crippen LogP contribution in [0.25, 0.3) is 10.9 Å². The van der Waals surface area contributed by atoms with Crippen LogP contribution in [0.1, 0.15) is 33.6 Å². The molecule has 3 heteroatoms. The van der Waals surface area contributed by atoms with Crippen molar-refractivity contribution in [3.8, 4) is 0 Å². The van der Waals surface area contributed by atoms with E-state index in [1.807, 2.05) is 13.1 Å². The van der Waals surface area contributed by atoms with Crippen LogP contribution in [0.15, 0.2) is 30.5 Å². The van der Waals surface area contributed by atoms with E-state index in [0.717, 1.165) is 38.0 Å². The number of likely N-dealkylation sites (N-methyl/N-ethyl adjacent to an activating group) is 1. The van der Waals surface area contributed by atoms with E-state index in [1.165, 1.54) is 38.9 Å². The molecule has 0 atom stereocenters. The van der Waals surface area contributed by atoms with Crippen molar-refractivity contribution < 1.29 is 0 Å². The highest BCUT2D eigenvalue weighted by molar-refractivity contribution is 5.89. The molecule has 4 rings (SSSR count). The Kier molecular flexibility index (Phi) is 4.12. The monoisotopic (exact) mass is 333 g/mol. The zero-order chi connectivity index (χ0) is 17.6. The number of rotatable bonds is 3. The molecule has 0 fully saturated rings. The molecule has 2 aromatic heterocycles.